The second-order valence-electron chi connectivity index (χ2n) is 4.40. The summed E-state index contributed by atoms with van der Waals surface area (Å²) in [7, 11) is 0. The Hall–Kier alpha value is -2.31. The standard InChI is InChI=1S/C16H12ClNO2/c17-15-4-2-1-3-13(15)9-14(10-18)11-5-7-12(8-6-11)16(19)20/h1-8,14H,9H2,(H,19,20). The van der Waals surface area contributed by atoms with Crippen LogP contribution in [0.1, 0.15) is 27.4 Å². The van der Waals surface area contributed by atoms with Gasteiger partial charge < -0.3 is 5.11 Å². The summed E-state index contributed by atoms with van der Waals surface area (Å²) in [4.78, 5) is 10.8. The third-order valence-electron chi connectivity index (χ3n) is 3.10. The summed E-state index contributed by atoms with van der Waals surface area (Å²) in [5, 5.41) is 18.8. The van der Waals surface area contributed by atoms with Crippen LogP contribution in [-0.4, -0.2) is 11.1 Å². The van der Waals surface area contributed by atoms with Crippen LogP contribution in [0.2, 0.25) is 5.02 Å². The molecule has 0 aliphatic carbocycles. The highest BCUT2D eigenvalue weighted by molar-refractivity contribution is 6.31. The first-order valence-electron chi connectivity index (χ1n) is 6.08. The normalized spacial score (nSPS) is 11.6. The molecule has 2 aromatic carbocycles. The van der Waals surface area contributed by atoms with Crippen LogP contribution in [0.15, 0.2) is 48.5 Å². The van der Waals surface area contributed by atoms with Gasteiger partial charge in [0.2, 0.25) is 0 Å². The Bertz CT molecular complexity index is 659. The van der Waals surface area contributed by atoms with E-state index in [0.29, 0.717) is 11.4 Å². The van der Waals surface area contributed by atoms with Crippen molar-refractivity contribution >= 4 is 17.6 Å². The molecule has 0 aliphatic rings. The second kappa shape index (κ2) is 6.23. The molecule has 0 aromatic heterocycles. The Labute approximate surface area is 122 Å². The number of aromatic carboxylic acids is 1. The molecule has 2 aromatic rings. The van der Waals surface area contributed by atoms with Crippen LogP contribution in [0.4, 0.5) is 0 Å². The fraction of sp³-hybridized carbons (Fsp3) is 0.125. The lowest BCUT2D eigenvalue weighted by Crippen LogP contribution is -2.02. The summed E-state index contributed by atoms with van der Waals surface area (Å²) in [6.45, 7) is 0. The third kappa shape index (κ3) is 3.17. The quantitative estimate of drug-likeness (QED) is 0.927. The maximum atomic E-state index is 10.8. The highest BCUT2D eigenvalue weighted by Crippen LogP contribution is 2.25. The van der Waals surface area contributed by atoms with Crippen molar-refractivity contribution in [2.45, 2.75) is 12.3 Å². The average molecular weight is 286 g/mol. The van der Waals surface area contributed by atoms with Crippen molar-refractivity contribution in [1.82, 2.24) is 0 Å². The molecule has 3 nitrogen and oxygen atoms in total. The molecule has 0 spiro atoms. The van der Waals surface area contributed by atoms with Gasteiger partial charge in [0, 0.05) is 5.02 Å². The van der Waals surface area contributed by atoms with Crippen molar-refractivity contribution in [3.8, 4) is 6.07 Å². The lowest BCUT2D eigenvalue weighted by atomic mass is 9.92. The van der Waals surface area contributed by atoms with Crippen molar-refractivity contribution < 1.29 is 9.90 Å². The van der Waals surface area contributed by atoms with E-state index in [1.165, 1.54) is 12.1 Å². The highest BCUT2D eigenvalue weighted by atomic mass is 35.5. The summed E-state index contributed by atoms with van der Waals surface area (Å²) in [5.74, 6) is -1.33. The number of rotatable bonds is 4. The monoisotopic (exact) mass is 285 g/mol. The fourth-order valence-electron chi connectivity index (χ4n) is 1.98. The van der Waals surface area contributed by atoms with Gasteiger partial charge in [0.1, 0.15) is 0 Å². The first-order chi connectivity index (χ1) is 9.61. The van der Waals surface area contributed by atoms with Crippen LogP contribution in [0.25, 0.3) is 0 Å². The van der Waals surface area contributed by atoms with E-state index < -0.39 is 5.97 Å². The molecule has 0 saturated heterocycles. The van der Waals surface area contributed by atoms with Crippen molar-refractivity contribution in [3.05, 3.63) is 70.2 Å². The van der Waals surface area contributed by atoms with Gasteiger partial charge in [0.25, 0.3) is 0 Å². The van der Waals surface area contributed by atoms with Crippen molar-refractivity contribution in [2.24, 2.45) is 0 Å². The van der Waals surface area contributed by atoms with Gasteiger partial charge in [-0.3, -0.25) is 0 Å². The van der Waals surface area contributed by atoms with E-state index in [9.17, 15) is 10.1 Å². The van der Waals surface area contributed by atoms with Gasteiger partial charge in [-0.2, -0.15) is 5.26 Å². The van der Waals surface area contributed by atoms with E-state index in [4.69, 9.17) is 16.7 Å². The van der Waals surface area contributed by atoms with E-state index in [1.54, 1.807) is 18.2 Å². The third-order valence-corrected chi connectivity index (χ3v) is 3.47. The molecule has 0 saturated carbocycles. The SMILES string of the molecule is N#CC(Cc1ccccc1Cl)c1ccc(C(=O)O)cc1. The summed E-state index contributed by atoms with van der Waals surface area (Å²) >= 11 is 6.09. The van der Waals surface area contributed by atoms with Crippen LogP contribution >= 0.6 is 11.6 Å². The van der Waals surface area contributed by atoms with Gasteiger partial charge in [0.15, 0.2) is 0 Å². The van der Waals surface area contributed by atoms with E-state index in [2.05, 4.69) is 6.07 Å². The van der Waals surface area contributed by atoms with Gasteiger partial charge in [-0.15, -0.1) is 0 Å². The molecule has 0 heterocycles. The van der Waals surface area contributed by atoms with E-state index >= 15 is 0 Å². The first kappa shape index (κ1) is 14.1. The largest absolute Gasteiger partial charge is 0.478 e. The van der Waals surface area contributed by atoms with Crippen LogP contribution in [-0.2, 0) is 6.42 Å². The molecule has 20 heavy (non-hydrogen) atoms. The number of halogens is 1. The molecule has 1 atom stereocenters. The zero-order valence-corrected chi connectivity index (χ0v) is 11.3. The number of nitriles is 1. The number of carboxylic acids is 1. The molecule has 0 aliphatic heterocycles. The van der Waals surface area contributed by atoms with Gasteiger partial charge in [-0.05, 0) is 35.7 Å². The van der Waals surface area contributed by atoms with Gasteiger partial charge in [-0.25, -0.2) is 4.79 Å². The number of nitrogens with zero attached hydrogens (tertiary/aromatic N) is 1. The van der Waals surface area contributed by atoms with Crippen LogP contribution < -0.4 is 0 Å². The molecule has 0 radical (unpaired) electrons. The Balaban J connectivity index is 2.23. The minimum absolute atomic E-state index is 0.211. The molecular formula is C16H12ClNO2. The Morgan fingerprint density at radius 1 is 1.20 bits per heavy atom. The van der Waals surface area contributed by atoms with Crippen molar-refractivity contribution in [1.29, 1.82) is 5.26 Å². The molecule has 0 fully saturated rings. The van der Waals surface area contributed by atoms with Crippen molar-refractivity contribution in [3.63, 3.8) is 0 Å². The molecule has 4 heteroatoms. The molecule has 0 amide bonds. The summed E-state index contributed by atoms with van der Waals surface area (Å²) < 4.78 is 0. The predicted molar refractivity (Wildman–Crippen MR) is 76.9 cm³/mol. The number of carboxylic acid groups (broad SMARTS) is 1. The maximum Gasteiger partial charge on any atom is 0.335 e. The van der Waals surface area contributed by atoms with E-state index in [0.717, 1.165) is 11.1 Å². The second-order valence-corrected chi connectivity index (χ2v) is 4.81. The summed E-state index contributed by atoms with van der Waals surface area (Å²) in [5.41, 5.74) is 1.91. The Kier molecular flexibility index (Phi) is 4.39. The van der Waals surface area contributed by atoms with Crippen LogP contribution in [0.3, 0.4) is 0 Å². The number of benzene rings is 2. The van der Waals surface area contributed by atoms with Crippen LogP contribution in [0, 0.1) is 11.3 Å². The number of hydrogen-bond donors (Lipinski definition) is 1. The Morgan fingerprint density at radius 3 is 2.40 bits per heavy atom. The minimum Gasteiger partial charge on any atom is -0.478 e. The molecule has 100 valence electrons. The lowest BCUT2D eigenvalue weighted by molar-refractivity contribution is 0.0697. The zero-order valence-electron chi connectivity index (χ0n) is 10.6. The predicted octanol–water partition coefficient (Wildman–Crippen LogP) is 3.89. The molecule has 2 rings (SSSR count). The van der Waals surface area contributed by atoms with E-state index in [-0.39, 0.29) is 11.5 Å². The average Bonchev–Trinajstić information content (AvgIpc) is 2.46. The van der Waals surface area contributed by atoms with Gasteiger partial charge >= 0.3 is 5.97 Å². The number of hydrogen-bond acceptors (Lipinski definition) is 2. The Morgan fingerprint density at radius 2 is 1.85 bits per heavy atom. The molecule has 0 bridgehead atoms. The molecule has 1 N–H and O–H groups in total. The molecular weight excluding hydrogens is 274 g/mol. The topological polar surface area (TPSA) is 61.1 Å². The highest BCUT2D eigenvalue weighted by Gasteiger charge is 2.14. The summed E-state index contributed by atoms with van der Waals surface area (Å²) in [6, 6.07) is 16.0. The number of carbonyl (C=O) groups is 1. The molecule has 1 unspecified atom stereocenters. The van der Waals surface area contributed by atoms with E-state index in [1.807, 2.05) is 18.2 Å². The first-order valence-corrected chi connectivity index (χ1v) is 6.46. The minimum atomic E-state index is -0.976. The summed E-state index contributed by atoms with van der Waals surface area (Å²) in [6.07, 6.45) is 0.503. The van der Waals surface area contributed by atoms with Gasteiger partial charge in [0.05, 0.1) is 17.6 Å². The van der Waals surface area contributed by atoms with Crippen molar-refractivity contribution in [2.75, 3.05) is 0 Å². The maximum absolute atomic E-state index is 10.8. The van der Waals surface area contributed by atoms with Gasteiger partial charge in [-0.1, -0.05) is 41.9 Å². The lowest BCUT2D eigenvalue weighted by Gasteiger charge is -2.11. The fourth-order valence-corrected chi connectivity index (χ4v) is 2.19. The zero-order chi connectivity index (χ0) is 14.5. The van der Waals surface area contributed by atoms with Crippen LogP contribution in [0.5, 0.6) is 0 Å². The smallest absolute Gasteiger partial charge is 0.335 e.